The maximum Gasteiger partial charge on any atom is 0.332 e. The van der Waals surface area contributed by atoms with Gasteiger partial charge in [0.15, 0.2) is 6.61 Å². The number of anilines is 1. The Kier molecular flexibility index (Phi) is 5.13. The predicted molar refractivity (Wildman–Crippen MR) is 103 cm³/mol. The van der Waals surface area contributed by atoms with Crippen LogP contribution in [-0.2, 0) is 23.6 Å². The molecule has 1 atom stereocenters. The molecule has 1 aromatic carbocycles. The summed E-state index contributed by atoms with van der Waals surface area (Å²) in [5.41, 5.74) is 3.89. The normalized spacial score (nSPS) is 13.9. The average Bonchev–Trinajstić information content (AvgIpc) is 2.99. The molecule has 0 saturated heterocycles. The van der Waals surface area contributed by atoms with E-state index in [0.29, 0.717) is 4.57 Å². The van der Waals surface area contributed by atoms with E-state index >= 15 is 0 Å². The summed E-state index contributed by atoms with van der Waals surface area (Å²) < 4.78 is 6.54. The number of hydrogen-bond acceptors (Lipinski definition) is 8. The van der Waals surface area contributed by atoms with Crippen molar-refractivity contribution in [3.8, 4) is 0 Å². The molecule has 2 heterocycles. The number of nitrogen functional groups attached to an aromatic ring is 1. The lowest BCUT2D eigenvalue weighted by atomic mass is 10.1. The Morgan fingerprint density at radius 3 is 2.07 bits per heavy atom. The standard InChI is InChI=1S/C19H18N4O7/c1-9(23-15(25)10-6-4-5-7-11(10)16(23)26)18(28)30-8-12(24)13-14(20)21(2)19(29)22(3)17(13)27/h4-7,9H,8,20H2,1-3H3/t9-/m0/s1. The van der Waals surface area contributed by atoms with Crippen LogP contribution in [-0.4, -0.2) is 50.2 Å². The zero-order chi connectivity index (χ0) is 22.3. The van der Waals surface area contributed by atoms with E-state index in [1.165, 1.54) is 33.2 Å². The van der Waals surface area contributed by atoms with E-state index in [2.05, 4.69) is 0 Å². The fraction of sp³-hybridized carbons (Fsp3) is 0.263. The van der Waals surface area contributed by atoms with Crippen molar-refractivity contribution in [1.82, 2.24) is 14.0 Å². The lowest BCUT2D eigenvalue weighted by Gasteiger charge is -2.20. The number of ether oxygens (including phenoxy) is 1. The maximum absolute atomic E-state index is 12.4. The molecule has 2 aromatic rings. The Balaban J connectivity index is 1.76. The molecular weight excluding hydrogens is 396 g/mol. The lowest BCUT2D eigenvalue weighted by Crippen LogP contribution is -2.45. The van der Waals surface area contributed by atoms with Crippen LogP contribution in [0.4, 0.5) is 5.82 Å². The summed E-state index contributed by atoms with van der Waals surface area (Å²) in [5, 5.41) is 0. The Labute approximate surface area is 169 Å². The van der Waals surface area contributed by atoms with Crippen LogP contribution in [0.1, 0.15) is 38.0 Å². The highest BCUT2D eigenvalue weighted by Gasteiger charge is 2.41. The summed E-state index contributed by atoms with van der Waals surface area (Å²) in [5.74, 6) is -3.60. The van der Waals surface area contributed by atoms with Gasteiger partial charge in [-0.2, -0.15) is 0 Å². The molecule has 0 saturated carbocycles. The van der Waals surface area contributed by atoms with E-state index in [1.807, 2.05) is 0 Å². The summed E-state index contributed by atoms with van der Waals surface area (Å²) in [6.45, 7) is 0.429. The number of hydrogen-bond donors (Lipinski definition) is 1. The van der Waals surface area contributed by atoms with Crippen molar-refractivity contribution in [2.75, 3.05) is 12.3 Å². The van der Waals surface area contributed by atoms with Gasteiger partial charge in [0.1, 0.15) is 17.4 Å². The molecule has 0 unspecified atom stereocenters. The van der Waals surface area contributed by atoms with Gasteiger partial charge in [-0.05, 0) is 19.1 Å². The number of nitrogens with two attached hydrogens (primary N) is 1. The van der Waals surface area contributed by atoms with Gasteiger partial charge < -0.3 is 10.5 Å². The molecule has 30 heavy (non-hydrogen) atoms. The highest BCUT2D eigenvalue weighted by Crippen LogP contribution is 2.24. The number of Topliss-reactive ketones (excluding diaryl/α,β-unsaturated/α-hetero) is 1. The number of benzene rings is 1. The van der Waals surface area contributed by atoms with E-state index in [4.69, 9.17) is 10.5 Å². The zero-order valence-corrected chi connectivity index (χ0v) is 16.4. The van der Waals surface area contributed by atoms with Crippen LogP contribution >= 0.6 is 0 Å². The van der Waals surface area contributed by atoms with Crippen molar-refractivity contribution in [1.29, 1.82) is 0 Å². The second-order valence-corrected chi connectivity index (χ2v) is 6.70. The summed E-state index contributed by atoms with van der Waals surface area (Å²) in [6.07, 6.45) is 0. The SMILES string of the molecule is C[C@@H](C(=O)OCC(=O)c1c(N)n(C)c(=O)n(C)c1=O)N1C(=O)c2ccccc2C1=O. The fourth-order valence-electron chi connectivity index (χ4n) is 3.12. The number of carbonyl (C=O) groups excluding carboxylic acids is 4. The molecule has 11 heteroatoms. The van der Waals surface area contributed by atoms with Crippen molar-refractivity contribution < 1.29 is 23.9 Å². The second kappa shape index (κ2) is 7.43. The second-order valence-electron chi connectivity index (χ2n) is 6.70. The zero-order valence-electron chi connectivity index (χ0n) is 16.4. The number of ketones is 1. The van der Waals surface area contributed by atoms with Crippen LogP contribution in [0.3, 0.4) is 0 Å². The number of fused-ring (bicyclic) bond motifs is 1. The summed E-state index contributed by atoms with van der Waals surface area (Å²) in [6, 6.07) is 4.82. The lowest BCUT2D eigenvalue weighted by molar-refractivity contribution is -0.146. The molecule has 3 rings (SSSR count). The van der Waals surface area contributed by atoms with Crippen molar-refractivity contribution in [2.24, 2.45) is 14.1 Å². The van der Waals surface area contributed by atoms with Crippen molar-refractivity contribution in [3.63, 3.8) is 0 Å². The van der Waals surface area contributed by atoms with Gasteiger partial charge >= 0.3 is 11.7 Å². The molecule has 0 fully saturated rings. The number of imide groups is 1. The molecular formula is C19H18N4O7. The van der Waals surface area contributed by atoms with Crippen molar-refractivity contribution >= 4 is 29.4 Å². The molecule has 0 aliphatic carbocycles. The Bertz CT molecular complexity index is 1190. The van der Waals surface area contributed by atoms with Gasteiger partial charge in [0.05, 0.1) is 11.1 Å². The Morgan fingerprint density at radius 2 is 1.53 bits per heavy atom. The molecule has 2 amide bonds. The third-order valence-corrected chi connectivity index (χ3v) is 4.89. The van der Waals surface area contributed by atoms with Gasteiger partial charge in [-0.1, -0.05) is 12.1 Å². The topological polar surface area (TPSA) is 151 Å². The monoisotopic (exact) mass is 414 g/mol. The van der Waals surface area contributed by atoms with E-state index in [1.54, 1.807) is 12.1 Å². The van der Waals surface area contributed by atoms with E-state index in [9.17, 15) is 28.8 Å². The number of amides is 2. The first-order valence-electron chi connectivity index (χ1n) is 8.80. The minimum atomic E-state index is -1.30. The highest BCUT2D eigenvalue weighted by atomic mass is 16.5. The first-order valence-corrected chi connectivity index (χ1v) is 8.80. The molecule has 2 N–H and O–H groups in total. The van der Waals surface area contributed by atoms with Crippen molar-refractivity contribution in [2.45, 2.75) is 13.0 Å². The van der Waals surface area contributed by atoms with E-state index in [0.717, 1.165) is 9.47 Å². The first-order chi connectivity index (χ1) is 14.1. The molecule has 1 aromatic heterocycles. The van der Waals surface area contributed by atoms with E-state index < -0.39 is 53.0 Å². The highest BCUT2D eigenvalue weighted by molar-refractivity contribution is 6.22. The summed E-state index contributed by atoms with van der Waals surface area (Å²) in [4.78, 5) is 74.5. The van der Waals surface area contributed by atoms with E-state index in [-0.39, 0.29) is 16.9 Å². The molecule has 0 bridgehead atoms. The Hall–Kier alpha value is -4.02. The number of carbonyl (C=O) groups is 4. The van der Waals surface area contributed by atoms with Crippen LogP contribution in [0.15, 0.2) is 33.9 Å². The largest absolute Gasteiger partial charge is 0.456 e. The number of aromatic nitrogens is 2. The molecule has 156 valence electrons. The van der Waals surface area contributed by atoms with Crippen LogP contribution in [0, 0.1) is 0 Å². The van der Waals surface area contributed by atoms with Gasteiger partial charge in [-0.3, -0.25) is 33.2 Å². The molecule has 1 aliphatic rings. The molecule has 0 radical (unpaired) electrons. The Morgan fingerprint density at radius 1 is 1.00 bits per heavy atom. The average molecular weight is 414 g/mol. The van der Waals surface area contributed by atoms with Crippen molar-refractivity contribution in [3.05, 3.63) is 61.8 Å². The summed E-state index contributed by atoms with van der Waals surface area (Å²) >= 11 is 0. The third kappa shape index (κ3) is 3.09. The van der Waals surface area contributed by atoms with Gasteiger partial charge in [0.25, 0.3) is 17.4 Å². The minimum absolute atomic E-state index is 0.166. The first kappa shape index (κ1) is 20.7. The van der Waals surface area contributed by atoms with Crippen LogP contribution in [0.5, 0.6) is 0 Å². The molecule has 1 aliphatic heterocycles. The molecule has 11 nitrogen and oxygen atoms in total. The maximum atomic E-state index is 12.4. The van der Waals surface area contributed by atoms with Crippen LogP contribution in [0.2, 0.25) is 0 Å². The van der Waals surface area contributed by atoms with Crippen LogP contribution < -0.4 is 17.0 Å². The number of nitrogens with zero attached hydrogens (tertiary/aromatic N) is 3. The number of esters is 1. The quantitative estimate of drug-likeness (QED) is 0.375. The van der Waals surface area contributed by atoms with Gasteiger partial charge in [-0.15, -0.1) is 0 Å². The van der Waals surface area contributed by atoms with Crippen LogP contribution in [0.25, 0.3) is 0 Å². The van der Waals surface area contributed by atoms with Gasteiger partial charge in [-0.25, -0.2) is 9.59 Å². The fourth-order valence-corrected chi connectivity index (χ4v) is 3.12. The molecule has 0 spiro atoms. The third-order valence-electron chi connectivity index (χ3n) is 4.89. The van der Waals surface area contributed by atoms with Gasteiger partial charge in [0.2, 0.25) is 5.78 Å². The minimum Gasteiger partial charge on any atom is -0.456 e. The summed E-state index contributed by atoms with van der Waals surface area (Å²) in [7, 11) is 2.46. The number of rotatable bonds is 5. The predicted octanol–water partition coefficient (Wildman–Crippen LogP) is -0.923. The smallest absolute Gasteiger partial charge is 0.332 e. The van der Waals surface area contributed by atoms with Gasteiger partial charge in [0, 0.05) is 14.1 Å².